The maximum absolute atomic E-state index is 13.6. The largest absolute Gasteiger partial charge is 0.444 e. The summed E-state index contributed by atoms with van der Waals surface area (Å²) in [6.45, 7) is 7.08. The van der Waals surface area contributed by atoms with E-state index in [1.165, 1.54) is 35.5 Å². The number of carbonyl (C=O) groups is 2. The van der Waals surface area contributed by atoms with Crippen molar-refractivity contribution in [2.45, 2.75) is 47.3 Å². The van der Waals surface area contributed by atoms with Gasteiger partial charge in [0, 0.05) is 5.56 Å². The Morgan fingerprint density at radius 2 is 1.86 bits per heavy atom. The van der Waals surface area contributed by atoms with Crippen LogP contribution in [0.15, 0.2) is 67.5 Å². The quantitative estimate of drug-likeness (QED) is 0.167. The zero-order valence-electron chi connectivity index (χ0n) is 20.0. The van der Waals surface area contributed by atoms with Crippen LogP contribution in [0.2, 0.25) is 0 Å². The highest BCUT2D eigenvalue weighted by Gasteiger charge is 2.25. The molecule has 1 N–H and O–H groups in total. The maximum atomic E-state index is 13.6. The number of nitrogens with one attached hydrogen (secondary N) is 1. The number of amides is 1. The van der Waals surface area contributed by atoms with Crippen molar-refractivity contribution in [1.82, 2.24) is 5.32 Å². The van der Waals surface area contributed by atoms with Crippen molar-refractivity contribution >= 4 is 56.7 Å². The van der Waals surface area contributed by atoms with Gasteiger partial charge in [0.25, 0.3) is 0 Å². The monoisotopic (exact) mass is 530 g/mol. The first-order valence-corrected chi connectivity index (χ1v) is 14.1. The topological polar surface area (TPSA) is 102 Å². The van der Waals surface area contributed by atoms with Crippen LogP contribution in [-0.4, -0.2) is 39.0 Å². The number of rotatable bonds is 7. The highest BCUT2D eigenvalue weighted by molar-refractivity contribution is 8.01. The number of nitrogens with zero attached hydrogens (tertiary/aromatic N) is 1. The smallest absolute Gasteiger partial charge is 0.412 e. The number of thiophene rings is 1. The number of hydrogen-bond donors (Lipinski definition) is 1. The third kappa shape index (κ3) is 6.39. The number of thioether (sulfide) groups is 1. The Hall–Kier alpha value is -2.95. The predicted molar refractivity (Wildman–Crippen MR) is 141 cm³/mol. The molecule has 0 saturated carbocycles. The summed E-state index contributed by atoms with van der Waals surface area (Å²) in [6.07, 6.45) is 3.11. The van der Waals surface area contributed by atoms with Crippen LogP contribution in [0.1, 0.15) is 36.7 Å². The molecular weight excluding hydrogens is 504 g/mol. The minimum Gasteiger partial charge on any atom is -0.444 e. The Morgan fingerprint density at radius 3 is 2.51 bits per heavy atom. The highest BCUT2D eigenvalue weighted by Crippen LogP contribution is 2.41. The third-order valence-electron chi connectivity index (χ3n) is 4.86. The molecule has 1 aromatic heterocycles. The Bertz CT molecular complexity index is 1390. The molecular formula is C25H26N2O5S3. The molecule has 1 heterocycles. The normalized spacial score (nSPS) is 12.0. The second-order valence-corrected chi connectivity index (χ2v) is 12.5. The molecule has 0 radical (unpaired) electrons. The van der Waals surface area contributed by atoms with Crippen LogP contribution in [0.25, 0.3) is 11.1 Å². The number of aliphatic imine (C=N–C) groups is 1. The molecule has 0 saturated heterocycles. The average molecular weight is 531 g/mol. The van der Waals surface area contributed by atoms with Crippen molar-refractivity contribution in [2.24, 2.45) is 4.99 Å². The van der Waals surface area contributed by atoms with E-state index >= 15 is 0 Å². The van der Waals surface area contributed by atoms with E-state index in [2.05, 4.69) is 10.3 Å². The van der Waals surface area contributed by atoms with Gasteiger partial charge in [0.15, 0.2) is 0 Å². The lowest BCUT2D eigenvalue weighted by molar-refractivity contribution is 0.0565. The Balaban J connectivity index is 1.92. The summed E-state index contributed by atoms with van der Waals surface area (Å²) in [5.74, 6) is 0. The van der Waals surface area contributed by atoms with Gasteiger partial charge in [-0.05, 0) is 68.8 Å². The van der Waals surface area contributed by atoms with E-state index in [0.717, 1.165) is 17.4 Å². The first-order chi connectivity index (χ1) is 16.5. The van der Waals surface area contributed by atoms with Crippen LogP contribution in [0.3, 0.4) is 0 Å². The summed E-state index contributed by atoms with van der Waals surface area (Å²) in [4.78, 5) is 27.6. The fourth-order valence-corrected chi connectivity index (χ4v) is 7.12. The standard InChI is InChI=1S/C25H26N2O5S3/c1-16-18(14-28)9-7-11-20(16)17-8-6-10-19(12-17)35(30,31)21-13-22(34-23(21)33-5)26-15-27-24(29)32-25(2,3)4/h6-15H,1-5H3,(H,26,27,29). The first kappa shape index (κ1) is 26.7. The molecule has 3 rings (SSSR count). The molecule has 7 nitrogen and oxygen atoms in total. The molecule has 2 aromatic carbocycles. The van der Waals surface area contributed by atoms with Gasteiger partial charge in [-0.2, -0.15) is 0 Å². The van der Waals surface area contributed by atoms with Crippen molar-refractivity contribution in [3.63, 3.8) is 0 Å². The summed E-state index contributed by atoms with van der Waals surface area (Å²) in [5, 5.41) is 2.84. The zero-order valence-corrected chi connectivity index (χ0v) is 22.4. The van der Waals surface area contributed by atoms with Crippen LogP contribution in [0.4, 0.5) is 9.80 Å². The molecule has 184 valence electrons. The minimum atomic E-state index is -3.85. The van der Waals surface area contributed by atoms with Crippen LogP contribution in [0, 0.1) is 6.92 Å². The molecule has 0 aliphatic rings. The molecule has 0 bridgehead atoms. The van der Waals surface area contributed by atoms with Crippen LogP contribution < -0.4 is 5.32 Å². The van der Waals surface area contributed by atoms with Crippen LogP contribution in [0.5, 0.6) is 0 Å². The number of ether oxygens (including phenoxy) is 1. The van der Waals surface area contributed by atoms with Gasteiger partial charge in [0.1, 0.15) is 16.9 Å². The Labute approximate surface area is 213 Å². The van der Waals surface area contributed by atoms with E-state index in [9.17, 15) is 18.0 Å². The zero-order chi connectivity index (χ0) is 25.8. The van der Waals surface area contributed by atoms with E-state index in [0.29, 0.717) is 20.3 Å². The first-order valence-electron chi connectivity index (χ1n) is 10.6. The number of sulfone groups is 1. The van der Waals surface area contributed by atoms with Crippen molar-refractivity contribution in [1.29, 1.82) is 0 Å². The van der Waals surface area contributed by atoms with Crippen molar-refractivity contribution in [2.75, 3.05) is 6.26 Å². The summed E-state index contributed by atoms with van der Waals surface area (Å²) >= 11 is 2.52. The molecule has 0 aliphatic heterocycles. The number of alkyl carbamates (subject to hydrolysis) is 1. The molecule has 0 atom stereocenters. The van der Waals surface area contributed by atoms with Crippen LogP contribution >= 0.6 is 23.1 Å². The molecule has 35 heavy (non-hydrogen) atoms. The van der Waals surface area contributed by atoms with Gasteiger partial charge < -0.3 is 4.74 Å². The molecule has 1 amide bonds. The lowest BCUT2D eigenvalue weighted by Crippen LogP contribution is -2.31. The number of benzene rings is 2. The van der Waals surface area contributed by atoms with E-state index in [1.54, 1.807) is 57.4 Å². The van der Waals surface area contributed by atoms with Gasteiger partial charge in [0.05, 0.1) is 20.3 Å². The van der Waals surface area contributed by atoms with Crippen LogP contribution in [-0.2, 0) is 14.6 Å². The summed E-state index contributed by atoms with van der Waals surface area (Å²) in [7, 11) is -3.85. The minimum absolute atomic E-state index is 0.140. The molecule has 0 aliphatic carbocycles. The lowest BCUT2D eigenvalue weighted by atomic mass is 9.97. The van der Waals surface area contributed by atoms with Gasteiger partial charge in [0.2, 0.25) is 9.84 Å². The fourth-order valence-electron chi connectivity index (χ4n) is 3.25. The number of carbonyl (C=O) groups excluding carboxylic acids is 2. The molecule has 10 heteroatoms. The van der Waals surface area contributed by atoms with E-state index in [4.69, 9.17) is 4.74 Å². The average Bonchev–Trinajstić information content (AvgIpc) is 3.22. The maximum Gasteiger partial charge on any atom is 0.412 e. The van der Waals surface area contributed by atoms with Gasteiger partial charge in [-0.3, -0.25) is 10.1 Å². The van der Waals surface area contributed by atoms with Gasteiger partial charge >= 0.3 is 6.09 Å². The van der Waals surface area contributed by atoms with E-state index < -0.39 is 21.5 Å². The Kier molecular flexibility index (Phi) is 8.19. The van der Waals surface area contributed by atoms with Crippen molar-refractivity contribution in [3.05, 3.63) is 59.7 Å². The summed E-state index contributed by atoms with van der Waals surface area (Å²) in [5.41, 5.74) is 2.19. The molecule has 0 spiro atoms. The Morgan fingerprint density at radius 1 is 1.14 bits per heavy atom. The second-order valence-electron chi connectivity index (χ2n) is 8.51. The second kappa shape index (κ2) is 10.8. The van der Waals surface area contributed by atoms with Gasteiger partial charge in [-0.15, -0.1) is 23.1 Å². The number of aldehydes is 1. The summed E-state index contributed by atoms with van der Waals surface area (Å²) < 4.78 is 32.8. The van der Waals surface area contributed by atoms with E-state index in [1.807, 2.05) is 19.1 Å². The van der Waals surface area contributed by atoms with E-state index in [-0.39, 0.29) is 9.79 Å². The van der Waals surface area contributed by atoms with Gasteiger partial charge in [-0.1, -0.05) is 30.3 Å². The number of hydrogen-bond acceptors (Lipinski definition) is 8. The highest BCUT2D eigenvalue weighted by atomic mass is 32.2. The fraction of sp³-hybridized carbons (Fsp3) is 0.240. The van der Waals surface area contributed by atoms with Crippen molar-refractivity contribution in [3.8, 4) is 11.1 Å². The lowest BCUT2D eigenvalue weighted by Gasteiger charge is -2.18. The molecule has 0 unspecified atom stereocenters. The SMILES string of the molecule is CSc1sc(/N=C/NC(=O)OC(C)(C)C)cc1S(=O)(=O)c1cccc(-c2cccc(C=O)c2C)c1. The van der Waals surface area contributed by atoms with Crippen molar-refractivity contribution < 1.29 is 22.7 Å². The third-order valence-corrected chi connectivity index (χ3v) is 9.07. The molecule has 3 aromatic rings. The predicted octanol–water partition coefficient (Wildman–Crippen LogP) is 6.28. The molecule has 0 fully saturated rings. The summed E-state index contributed by atoms with van der Waals surface area (Å²) in [6, 6.07) is 13.5. The van der Waals surface area contributed by atoms with Gasteiger partial charge in [-0.25, -0.2) is 18.2 Å².